The van der Waals surface area contributed by atoms with Gasteiger partial charge in [0.2, 0.25) is 0 Å². The van der Waals surface area contributed by atoms with Gasteiger partial charge < -0.3 is 9.84 Å². The van der Waals surface area contributed by atoms with Crippen LogP contribution in [0.3, 0.4) is 0 Å². The average molecular weight is 597 g/mol. The van der Waals surface area contributed by atoms with E-state index in [0.29, 0.717) is 25.4 Å². The normalized spacial score (nSPS) is 11.6. The third-order valence-corrected chi connectivity index (χ3v) is 8.50. The van der Waals surface area contributed by atoms with E-state index in [2.05, 4.69) is 27.7 Å². The van der Waals surface area contributed by atoms with Gasteiger partial charge in [0.05, 0.1) is 6.61 Å². The third-order valence-electron chi connectivity index (χ3n) is 8.50. The van der Waals surface area contributed by atoms with Gasteiger partial charge in [-0.1, -0.05) is 188 Å². The standard InChI is InChI=1S/C24H48O2.C14H28O2/c1-4-7-9-10-11-12-13-14-15-16-17-18-19-21-24(25)26-22-23(6-3)20-8-5-2;1-2-3-4-5-6-7-8-9-10-11-12-13-14(15)16/h23H,4-22H2,1-3H3;2-13H2,1H3,(H,15,16). The Balaban J connectivity index is 0. The zero-order valence-corrected chi connectivity index (χ0v) is 29.2. The Kier molecular flexibility index (Phi) is 38.9. The van der Waals surface area contributed by atoms with Crippen molar-refractivity contribution in [3.63, 3.8) is 0 Å². The maximum atomic E-state index is 11.8. The molecule has 1 unspecified atom stereocenters. The topological polar surface area (TPSA) is 63.6 Å². The molecule has 0 aliphatic carbocycles. The summed E-state index contributed by atoms with van der Waals surface area (Å²) in [4.78, 5) is 22.1. The van der Waals surface area contributed by atoms with E-state index in [9.17, 15) is 9.59 Å². The van der Waals surface area contributed by atoms with Crippen molar-refractivity contribution in [2.24, 2.45) is 5.92 Å². The van der Waals surface area contributed by atoms with Crippen molar-refractivity contribution in [3.8, 4) is 0 Å². The number of rotatable bonds is 32. The van der Waals surface area contributed by atoms with Gasteiger partial charge in [-0.3, -0.25) is 9.59 Å². The lowest BCUT2D eigenvalue weighted by molar-refractivity contribution is -0.145. The van der Waals surface area contributed by atoms with E-state index in [-0.39, 0.29) is 5.97 Å². The van der Waals surface area contributed by atoms with E-state index in [1.165, 1.54) is 154 Å². The van der Waals surface area contributed by atoms with Crippen molar-refractivity contribution in [1.29, 1.82) is 0 Å². The van der Waals surface area contributed by atoms with Gasteiger partial charge in [-0.25, -0.2) is 0 Å². The Morgan fingerprint density at radius 3 is 1.14 bits per heavy atom. The highest BCUT2D eigenvalue weighted by Crippen LogP contribution is 2.15. The number of carbonyl (C=O) groups excluding carboxylic acids is 1. The Labute approximate surface area is 263 Å². The number of hydrogen-bond donors (Lipinski definition) is 1. The van der Waals surface area contributed by atoms with Gasteiger partial charge in [0, 0.05) is 12.8 Å². The van der Waals surface area contributed by atoms with Crippen LogP contribution in [0.15, 0.2) is 0 Å². The predicted molar refractivity (Wildman–Crippen MR) is 183 cm³/mol. The van der Waals surface area contributed by atoms with Crippen molar-refractivity contribution in [1.82, 2.24) is 0 Å². The van der Waals surface area contributed by atoms with Gasteiger partial charge in [-0.2, -0.15) is 0 Å². The number of carboxylic acids is 1. The molecule has 0 aromatic rings. The summed E-state index contributed by atoms with van der Waals surface area (Å²) in [5, 5.41) is 8.46. The molecule has 0 saturated carbocycles. The smallest absolute Gasteiger partial charge is 0.305 e. The zero-order chi connectivity index (χ0) is 31.4. The van der Waals surface area contributed by atoms with Gasteiger partial charge in [-0.15, -0.1) is 0 Å². The largest absolute Gasteiger partial charge is 0.481 e. The molecule has 42 heavy (non-hydrogen) atoms. The first-order valence-electron chi connectivity index (χ1n) is 18.9. The summed E-state index contributed by atoms with van der Waals surface area (Å²) in [5.74, 6) is -0.0792. The number of esters is 1. The SMILES string of the molecule is CCCCCCCCCCCCCC(=O)O.CCCCCCCCCCCCCCCC(=O)OCC(CC)CCCC. The van der Waals surface area contributed by atoms with Gasteiger partial charge in [0.1, 0.15) is 0 Å². The summed E-state index contributed by atoms with van der Waals surface area (Å²) in [5.41, 5.74) is 0. The van der Waals surface area contributed by atoms with Crippen LogP contribution in [0.4, 0.5) is 0 Å². The average Bonchev–Trinajstić information content (AvgIpc) is 2.98. The quantitative estimate of drug-likeness (QED) is 0.0619. The summed E-state index contributed by atoms with van der Waals surface area (Å²) in [6.07, 6.45) is 37.2. The second-order valence-corrected chi connectivity index (χ2v) is 12.8. The molecule has 0 amide bonds. The van der Waals surface area contributed by atoms with E-state index < -0.39 is 5.97 Å². The van der Waals surface area contributed by atoms with Gasteiger partial charge in [0.15, 0.2) is 0 Å². The first kappa shape index (κ1) is 43.1. The fourth-order valence-electron chi connectivity index (χ4n) is 5.41. The monoisotopic (exact) mass is 597 g/mol. The fourth-order valence-corrected chi connectivity index (χ4v) is 5.41. The van der Waals surface area contributed by atoms with Crippen LogP contribution in [-0.4, -0.2) is 23.7 Å². The molecule has 0 heterocycles. The highest BCUT2D eigenvalue weighted by Gasteiger charge is 2.09. The van der Waals surface area contributed by atoms with Crippen LogP contribution in [0.1, 0.15) is 220 Å². The Morgan fingerprint density at radius 2 is 0.810 bits per heavy atom. The first-order valence-corrected chi connectivity index (χ1v) is 18.9. The van der Waals surface area contributed by atoms with Crippen LogP contribution in [0.25, 0.3) is 0 Å². The second-order valence-electron chi connectivity index (χ2n) is 12.8. The predicted octanol–water partition coefficient (Wildman–Crippen LogP) is 13.0. The maximum absolute atomic E-state index is 11.8. The summed E-state index contributed by atoms with van der Waals surface area (Å²) in [6.45, 7) is 9.57. The number of carbonyl (C=O) groups is 2. The Morgan fingerprint density at radius 1 is 0.476 bits per heavy atom. The van der Waals surface area contributed by atoms with E-state index in [1.807, 2.05) is 0 Å². The highest BCUT2D eigenvalue weighted by molar-refractivity contribution is 5.69. The fraction of sp³-hybridized carbons (Fsp3) is 0.947. The van der Waals surface area contributed by atoms with Gasteiger partial charge in [-0.05, 0) is 25.2 Å². The van der Waals surface area contributed by atoms with E-state index in [0.717, 1.165) is 25.7 Å². The summed E-state index contributed by atoms with van der Waals surface area (Å²) in [7, 11) is 0. The summed E-state index contributed by atoms with van der Waals surface area (Å²) in [6, 6.07) is 0. The molecular weight excluding hydrogens is 520 g/mol. The number of unbranched alkanes of at least 4 members (excludes halogenated alkanes) is 23. The number of ether oxygens (including phenoxy) is 1. The molecule has 0 rings (SSSR count). The van der Waals surface area contributed by atoms with Crippen molar-refractivity contribution in [2.75, 3.05) is 6.61 Å². The maximum Gasteiger partial charge on any atom is 0.305 e. The molecule has 0 radical (unpaired) electrons. The molecule has 0 aliphatic heterocycles. The molecule has 0 spiro atoms. The minimum atomic E-state index is -0.657. The van der Waals surface area contributed by atoms with Crippen molar-refractivity contribution < 1.29 is 19.4 Å². The Hall–Kier alpha value is -1.06. The van der Waals surface area contributed by atoms with Crippen LogP contribution in [0.2, 0.25) is 0 Å². The van der Waals surface area contributed by atoms with Crippen LogP contribution >= 0.6 is 0 Å². The highest BCUT2D eigenvalue weighted by atomic mass is 16.5. The molecule has 0 aromatic carbocycles. The summed E-state index contributed by atoms with van der Waals surface area (Å²) >= 11 is 0. The molecule has 0 saturated heterocycles. The molecule has 0 aromatic heterocycles. The zero-order valence-electron chi connectivity index (χ0n) is 29.2. The minimum Gasteiger partial charge on any atom is -0.481 e. The second kappa shape index (κ2) is 38.0. The lowest BCUT2D eigenvalue weighted by atomic mass is 10.0. The molecular formula is C38H76O4. The molecule has 0 aliphatic rings. The molecule has 0 bridgehead atoms. The third kappa shape index (κ3) is 38.9. The molecule has 1 atom stereocenters. The Bertz CT molecular complexity index is 533. The van der Waals surface area contributed by atoms with Crippen molar-refractivity contribution in [3.05, 3.63) is 0 Å². The van der Waals surface area contributed by atoms with E-state index in [1.54, 1.807) is 0 Å². The van der Waals surface area contributed by atoms with Crippen LogP contribution in [0, 0.1) is 5.92 Å². The van der Waals surface area contributed by atoms with Gasteiger partial charge >= 0.3 is 11.9 Å². The minimum absolute atomic E-state index is 0.0167. The van der Waals surface area contributed by atoms with Crippen molar-refractivity contribution in [2.45, 2.75) is 220 Å². The molecule has 0 fully saturated rings. The van der Waals surface area contributed by atoms with Crippen LogP contribution in [-0.2, 0) is 14.3 Å². The molecule has 1 N–H and O–H groups in total. The molecule has 4 heteroatoms. The van der Waals surface area contributed by atoms with E-state index in [4.69, 9.17) is 9.84 Å². The van der Waals surface area contributed by atoms with Crippen LogP contribution < -0.4 is 0 Å². The number of carboxylic acid groups (broad SMARTS) is 1. The number of hydrogen-bond acceptors (Lipinski definition) is 3. The molecule has 252 valence electrons. The van der Waals surface area contributed by atoms with Gasteiger partial charge in [0.25, 0.3) is 0 Å². The summed E-state index contributed by atoms with van der Waals surface area (Å²) < 4.78 is 5.46. The molecule has 4 nitrogen and oxygen atoms in total. The van der Waals surface area contributed by atoms with E-state index >= 15 is 0 Å². The van der Waals surface area contributed by atoms with Crippen LogP contribution in [0.5, 0.6) is 0 Å². The number of aliphatic carboxylic acids is 1. The lowest BCUT2D eigenvalue weighted by Gasteiger charge is -2.14. The van der Waals surface area contributed by atoms with Crippen molar-refractivity contribution >= 4 is 11.9 Å². The lowest BCUT2D eigenvalue weighted by Crippen LogP contribution is -2.13. The first-order chi connectivity index (χ1) is 20.5.